The fourth-order valence-electron chi connectivity index (χ4n) is 3.05. The maximum Gasteiger partial charge on any atom is 0.255 e. The number of hydrogen-bond donors (Lipinski definition) is 1. The Morgan fingerprint density at radius 1 is 1.11 bits per heavy atom. The van der Waals surface area contributed by atoms with Crippen LogP contribution in [0.1, 0.15) is 27.4 Å². The maximum absolute atomic E-state index is 12.7. The second kappa shape index (κ2) is 6.55. The van der Waals surface area contributed by atoms with Gasteiger partial charge >= 0.3 is 0 Å². The van der Waals surface area contributed by atoms with Gasteiger partial charge in [-0.1, -0.05) is 17.7 Å². The van der Waals surface area contributed by atoms with Gasteiger partial charge in [0.15, 0.2) is 0 Å². The number of amides is 1. The molecule has 0 aliphatic rings. The predicted molar refractivity (Wildman–Crippen MR) is 106 cm³/mol. The Morgan fingerprint density at radius 2 is 1.93 bits per heavy atom. The van der Waals surface area contributed by atoms with Crippen molar-refractivity contribution >= 4 is 28.8 Å². The third-order valence-electron chi connectivity index (χ3n) is 4.39. The summed E-state index contributed by atoms with van der Waals surface area (Å²) in [5.74, 6) is -0.194. The van der Waals surface area contributed by atoms with E-state index in [4.69, 9.17) is 11.6 Å². The van der Waals surface area contributed by atoms with Gasteiger partial charge in [-0.25, -0.2) is 9.67 Å². The molecule has 3 aromatic heterocycles. The summed E-state index contributed by atoms with van der Waals surface area (Å²) in [5, 5.41) is 8.00. The van der Waals surface area contributed by atoms with Crippen LogP contribution in [0.2, 0.25) is 5.02 Å². The van der Waals surface area contributed by atoms with Crippen molar-refractivity contribution in [2.75, 3.05) is 5.32 Å². The molecule has 0 unspecified atom stereocenters. The van der Waals surface area contributed by atoms with Gasteiger partial charge < -0.3 is 9.72 Å². The second-order valence-electron chi connectivity index (χ2n) is 6.47. The molecule has 0 fully saturated rings. The molecule has 0 aliphatic carbocycles. The Hall–Kier alpha value is -3.12. The first kappa shape index (κ1) is 17.3. The minimum Gasteiger partial charge on any atom is -0.321 e. The number of carbonyl (C=O) groups is 1. The number of anilines is 1. The monoisotopic (exact) mass is 379 g/mol. The molecule has 0 bridgehead atoms. The topological polar surface area (TPSA) is 64.2 Å². The van der Waals surface area contributed by atoms with Gasteiger partial charge in [-0.05, 0) is 51.1 Å². The van der Waals surface area contributed by atoms with Crippen LogP contribution >= 0.6 is 11.6 Å². The van der Waals surface area contributed by atoms with E-state index in [2.05, 4.69) is 15.4 Å². The largest absolute Gasteiger partial charge is 0.321 e. The van der Waals surface area contributed by atoms with E-state index in [1.54, 1.807) is 16.8 Å². The fourth-order valence-corrected chi connectivity index (χ4v) is 3.17. The van der Waals surface area contributed by atoms with E-state index in [0.717, 1.165) is 28.4 Å². The third kappa shape index (κ3) is 3.19. The molecule has 27 heavy (non-hydrogen) atoms. The summed E-state index contributed by atoms with van der Waals surface area (Å²) in [5.41, 5.74) is 5.39. The normalized spacial score (nSPS) is 11.1. The van der Waals surface area contributed by atoms with Crippen LogP contribution in [-0.2, 0) is 0 Å². The zero-order valence-corrected chi connectivity index (χ0v) is 15.9. The number of hydrogen-bond acceptors (Lipinski definition) is 3. The highest BCUT2D eigenvalue weighted by Crippen LogP contribution is 2.23. The molecule has 0 radical (unpaired) electrons. The van der Waals surface area contributed by atoms with Crippen molar-refractivity contribution in [3.8, 4) is 5.69 Å². The van der Waals surface area contributed by atoms with Crippen LogP contribution in [0.5, 0.6) is 0 Å². The number of fused-ring (bicyclic) bond motifs is 1. The average Bonchev–Trinajstić information content (AvgIpc) is 3.15. The van der Waals surface area contributed by atoms with Crippen LogP contribution in [0.15, 0.2) is 48.8 Å². The number of pyridine rings is 1. The highest BCUT2D eigenvalue weighted by atomic mass is 35.5. The van der Waals surface area contributed by atoms with Gasteiger partial charge in [0, 0.05) is 18.0 Å². The minimum atomic E-state index is -0.194. The molecule has 136 valence electrons. The van der Waals surface area contributed by atoms with Crippen LogP contribution < -0.4 is 5.32 Å². The van der Waals surface area contributed by atoms with Gasteiger partial charge in [-0.2, -0.15) is 5.10 Å². The van der Waals surface area contributed by atoms with Crippen molar-refractivity contribution in [1.29, 1.82) is 0 Å². The van der Waals surface area contributed by atoms with E-state index < -0.39 is 0 Å². The Kier molecular flexibility index (Phi) is 4.20. The van der Waals surface area contributed by atoms with E-state index in [1.807, 2.05) is 61.8 Å². The van der Waals surface area contributed by atoms with Crippen LogP contribution in [0.4, 0.5) is 5.69 Å². The number of imidazole rings is 1. The molecule has 0 atom stereocenters. The lowest BCUT2D eigenvalue weighted by Crippen LogP contribution is -2.13. The molecule has 0 saturated carbocycles. The van der Waals surface area contributed by atoms with Crippen LogP contribution in [0.3, 0.4) is 0 Å². The molecule has 1 aromatic carbocycles. The molecule has 7 heteroatoms. The molecule has 0 saturated heterocycles. The maximum atomic E-state index is 12.7. The molecule has 1 N–H and O–H groups in total. The van der Waals surface area contributed by atoms with E-state index in [0.29, 0.717) is 16.3 Å². The Bertz CT molecular complexity index is 1170. The summed E-state index contributed by atoms with van der Waals surface area (Å²) in [6.07, 6.45) is 3.76. The van der Waals surface area contributed by atoms with Gasteiger partial charge in [-0.15, -0.1) is 0 Å². The average molecular weight is 380 g/mol. The van der Waals surface area contributed by atoms with Gasteiger partial charge in [0.2, 0.25) is 0 Å². The highest BCUT2D eigenvalue weighted by Gasteiger charge is 2.13. The molecule has 1 amide bonds. The van der Waals surface area contributed by atoms with Crippen molar-refractivity contribution in [3.05, 3.63) is 76.5 Å². The molecule has 4 rings (SSSR count). The molecule has 6 nitrogen and oxygen atoms in total. The van der Waals surface area contributed by atoms with Crippen LogP contribution in [0, 0.1) is 20.8 Å². The zero-order valence-electron chi connectivity index (χ0n) is 15.2. The smallest absolute Gasteiger partial charge is 0.255 e. The quantitative estimate of drug-likeness (QED) is 0.575. The summed E-state index contributed by atoms with van der Waals surface area (Å²) >= 11 is 6.24. The Morgan fingerprint density at radius 3 is 2.67 bits per heavy atom. The lowest BCUT2D eigenvalue weighted by atomic mass is 10.2. The van der Waals surface area contributed by atoms with Crippen molar-refractivity contribution in [1.82, 2.24) is 19.2 Å². The van der Waals surface area contributed by atoms with Gasteiger partial charge in [-0.3, -0.25) is 4.79 Å². The van der Waals surface area contributed by atoms with Gasteiger partial charge in [0.1, 0.15) is 5.65 Å². The molecule has 3 heterocycles. The number of halogens is 1. The predicted octanol–water partition coefficient (Wildman–Crippen LogP) is 4.35. The van der Waals surface area contributed by atoms with Crippen molar-refractivity contribution in [2.24, 2.45) is 0 Å². The van der Waals surface area contributed by atoms with E-state index in [1.165, 1.54) is 0 Å². The summed E-state index contributed by atoms with van der Waals surface area (Å²) in [6.45, 7) is 5.69. The molecular formula is C20H18ClN5O. The number of nitrogens with zero attached hydrogens (tertiary/aromatic N) is 4. The molecule has 4 aromatic rings. The van der Waals surface area contributed by atoms with Crippen LogP contribution in [0.25, 0.3) is 11.3 Å². The minimum absolute atomic E-state index is 0.194. The number of aromatic nitrogens is 4. The number of rotatable bonds is 3. The first-order valence-corrected chi connectivity index (χ1v) is 8.89. The second-order valence-corrected chi connectivity index (χ2v) is 6.84. The number of benzene rings is 1. The molecule has 0 aliphatic heterocycles. The summed E-state index contributed by atoms with van der Waals surface area (Å²) in [4.78, 5) is 17.1. The lowest BCUT2D eigenvalue weighted by molar-refractivity contribution is 0.102. The number of aryl methyl sites for hydroxylation is 2. The molecule has 0 spiro atoms. The van der Waals surface area contributed by atoms with E-state index in [9.17, 15) is 4.79 Å². The van der Waals surface area contributed by atoms with Gasteiger partial charge in [0.25, 0.3) is 5.91 Å². The van der Waals surface area contributed by atoms with Crippen LogP contribution in [-0.4, -0.2) is 25.1 Å². The summed E-state index contributed by atoms with van der Waals surface area (Å²) < 4.78 is 3.63. The number of nitrogens with one attached hydrogen (secondary N) is 1. The number of carbonyl (C=O) groups excluding carboxylic acids is 1. The summed E-state index contributed by atoms with van der Waals surface area (Å²) in [6, 6.07) is 11.0. The van der Waals surface area contributed by atoms with Crippen molar-refractivity contribution < 1.29 is 4.79 Å². The third-order valence-corrected chi connectivity index (χ3v) is 4.93. The fraction of sp³-hybridized carbons (Fsp3) is 0.150. The SMILES string of the molecule is Cc1cn2cc(NC(=O)c3cccc(-n4nc(C)c(Cl)c4C)c3)ccc2n1. The molecular weight excluding hydrogens is 362 g/mol. The standard InChI is InChI=1S/C20H18ClN5O/c1-12-10-25-11-16(7-8-18(25)22-12)23-20(27)15-5-4-6-17(9-15)26-14(3)19(21)13(2)24-26/h4-11H,1-3H3,(H,23,27). The lowest BCUT2D eigenvalue weighted by Gasteiger charge is -2.09. The first-order chi connectivity index (χ1) is 12.9. The van der Waals surface area contributed by atoms with E-state index in [-0.39, 0.29) is 5.91 Å². The van der Waals surface area contributed by atoms with Crippen molar-refractivity contribution in [3.63, 3.8) is 0 Å². The Labute approximate surface area is 161 Å². The van der Waals surface area contributed by atoms with Crippen molar-refractivity contribution in [2.45, 2.75) is 20.8 Å². The Balaban J connectivity index is 1.62. The highest BCUT2D eigenvalue weighted by molar-refractivity contribution is 6.31. The first-order valence-electron chi connectivity index (χ1n) is 8.51. The summed E-state index contributed by atoms with van der Waals surface area (Å²) in [7, 11) is 0. The zero-order chi connectivity index (χ0) is 19.1. The van der Waals surface area contributed by atoms with Gasteiger partial charge in [0.05, 0.1) is 33.5 Å². The van der Waals surface area contributed by atoms with E-state index >= 15 is 0 Å².